The van der Waals surface area contributed by atoms with E-state index in [9.17, 15) is 27.5 Å². The predicted molar refractivity (Wildman–Crippen MR) is 85.9 cm³/mol. The lowest BCUT2D eigenvalue weighted by Crippen LogP contribution is -2.57. The van der Waals surface area contributed by atoms with E-state index in [-0.39, 0.29) is 22.9 Å². The molecule has 0 aromatic heterocycles. The molecule has 5 nitrogen and oxygen atoms in total. The summed E-state index contributed by atoms with van der Waals surface area (Å²) in [7, 11) is 0. The van der Waals surface area contributed by atoms with Crippen LogP contribution in [0.4, 0.5) is 17.6 Å². The van der Waals surface area contributed by atoms with Gasteiger partial charge in [-0.1, -0.05) is 19.8 Å². The summed E-state index contributed by atoms with van der Waals surface area (Å²) in [5.41, 5.74) is -3.26. The van der Waals surface area contributed by atoms with E-state index in [2.05, 4.69) is 5.10 Å². The first-order chi connectivity index (χ1) is 12.2. The predicted octanol–water partition coefficient (Wildman–Crippen LogP) is 3.62. The van der Waals surface area contributed by atoms with Crippen molar-refractivity contribution >= 4 is 11.6 Å². The molecular weight excluding hydrogens is 356 g/mol. The molecule has 1 heterocycles. The molecule has 1 aliphatic heterocycles. The average molecular weight is 376 g/mol. The topological polar surface area (TPSA) is 62.1 Å². The molecular formula is C17H20F4N2O3. The molecule has 1 aromatic carbocycles. The molecule has 1 amide bonds. The van der Waals surface area contributed by atoms with E-state index in [0.29, 0.717) is 6.42 Å². The molecule has 0 saturated carbocycles. The van der Waals surface area contributed by atoms with Crippen LogP contribution in [0.25, 0.3) is 0 Å². The average Bonchev–Trinajstić information content (AvgIpc) is 2.92. The van der Waals surface area contributed by atoms with E-state index in [1.165, 1.54) is 12.1 Å². The molecule has 9 heteroatoms. The number of carbonyl (C=O) groups excluding carboxylic acids is 1. The first kappa shape index (κ1) is 20.2. The molecule has 1 N–H and O–H groups in total. The second-order valence-electron chi connectivity index (χ2n) is 6.06. The third-order valence-corrected chi connectivity index (χ3v) is 3.98. The van der Waals surface area contributed by atoms with Gasteiger partial charge >= 0.3 is 6.18 Å². The fourth-order valence-corrected chi connectivity index (χ4v) is 2.56. The van der Waals surface area contributed by atoms with E-state index in [0.717, 1.165) is 25.0 Å². The Morgan fingerprint density at radius 3 is 2.54 bits per heavy atom. The van der Waals surface area contributed by atoms with Gasteiger partial charge in [0, 0.05) is 12.1 Å². The Kier molecular flexibility index (Phi) is 6.22. The third-order valence-electron chi connectivity index (χ3n) is 3.98. The zero-order valence-corrected chi connectivity index (χ0v) is 14.2. The number of unbranched alkanes of at least 4 members (excludes halogenated alkanes) is 2. The molecule has 1 aromatic rings. The Hall–Kier alpha value is -2.16. The van der Waals surface area contributed by atoms with E-state index in [1.54, 1.807) is 0 Å². The van der Waals surface area contributed by atoms with Crippen molar-refractivity contribution in [1.82, 2.24) is 5.01 Å². The maximum absolute atomic E-state index is 13.3. The van der Waals surface area contributed by atoms with Crippen LogP contribution >= 0.6 is 0 Å². The van der Waals surface area contributed by atoms with Crippen molar-refractivity contribution in [3.05, 3.63) is 30.1 Å². The van der Waals surface area contributed by atoms with Gasteiger partial charge in [-0.15, -0.1) is 0 Å². The van der Waals surface area contributed by atoms with Crippen molar-refractivity contribution in [2.45, 2.75) is 50.9 Å². The molecule has 0 aliphatic carbocycles. The number of halogens is 4. The molecule has 26 heavy (non-hydrogen) atoms. The maximum atomic E-state index is 13.3. The highest BCUT2D eigenvalue weighted by Gasteiger charge is 2.63. The molecule has 0 bridgehead atoms. The Morgan fingerprint density at radius 2 is 1.96 bits per heavy atom. The van der Waals surface area contributed by atoms with Gasteiger partial charge in [0.2, 0.25) is 0 Å². The summed E-state index contributed by atoms with van der Waals surface area (Å²) in [6.45, 7) is 1.18. The number of hydrogen-bond donors (Lipinski definition) is 1. The molecule has 0 radical (unpaired) electrons. The monoisotopic (exact) mass is 376 g/mol. The molecule has 1 aliphatic rings. The van der Waals surface area contributed by atoms with Gasteiger partial charge in [-0.3, -0.25) is 4.79 Å². The van der Waals surface area contributed by atoms with Gasteiger partial charge in [0.25, 0.3) is 11.6 Å². The highest BCUT2D eigenvalue weighted by Crippen LogP contribution is 2.41. The normalized spacial score (nSPS) is 20.2. The van der Waals surface area contributed by atoms with Crippen molar-refractivity contribution in [2.24, 2.45) is 5.10 Å². The van der Waals surface area contributed by atoms with Crippen molar-refractivity contribution in [3.63, 3.8) is 0 Å². The van der Waals surface area contributed by atoms with E-state index in [4.69, 9.17) is 4.74 Å². The second-order valence-corrected chi connectivity index (χ2v) is 6.06. The van der Waals surface area contributed by atoms with Gasteiger partial charge in [-0.25, -0.2) is 4.39 Å². The van der Waals surface area contributed by atoms with Crippen LogP contribution in [0.5, 0.6) is 5.75 Å². The van der Waals surface area contributed by atoms with Crippen LogP contribution in [0.2, 0.25) is 0 Å². The Bertz CT molecular complexity index is 661. The van der Waals surface area contributed by atoms with Gasteiger partial charge in [0.15, 0.2) is 6.61 Å². The Morgan fingerprint density at radius 1 is 1.31 bits per heavy atom. The van der Waals surface area contributed by atoms with Crippen molar-refractivity contribution in [2.75, 3.05) is 6.61 Å². The lowest BCUT2D eigenvalue weighted by Gasteiger charge is -2.32. The maximum Gasteiger partial charge on any atom is 0.438 e. The number of amides is 1. The largest absolute Gasteiger partial charge is 0.484 e. The first-order valence-corrected chi connectivity index (χ1v) is 8.24. The number of alkyl halides is 3. The zero-order chi connectivity index (χ0) is 19.4. The first-order valence-electron chi connectivity index (χ1n) is 8.24. The van der Waals surface area contributed by atoms with Crippen molar-refractivity contribution in [1.29, 1.82) is 0 Å². The van der Waals surface area contributed by atoms with Gasteiger partial charge in [-0.05, 0) is 37.1 Å². The minimum Gasteiger partial charge on any atom is -0.484 e. The van der Waals surface area contributed by atoms with Crippen LogP contribution in [0.3, 0.4) is 0 Å². The Labute approximate surface area is 148 Å². The standard InChI is InChI=1S/C17H20F4N2O3/c1-2-3-4-5-13-10-16(25,17(19,20)21)23(22-13)15(24)11-26-14-8-6-12(18)7-9-14/h6-9,25H,2-5,10-11H2,1H3/t16-/m0/s1. The summed E-state index contributed by atoms with van der Waals surface area (Å²) < 4.78 is 57.9. The molecule has 144 valence electrons. The van der Waals surface area contributed by atoms with Crippen molar-refractivity contribution in [3.8, 4) is 5.75 Å². The van der Waals surface area contributed by atoms with Crippen LogP contribution in [-0.2, 0) is 4.79 Å². The summed E-state index contributed by atoms with van der Waals surface area (Å²) in [4.78, 5) is 12.2. The summed E-state index contributed by atoms with van der Waals surface area (Å²) in [6.07, 6.45) is -3.25. The summed E-state index contributed by atoms with van der Waals surface area (Å²) in [5, 5.41) is 13.8. The highest BCUT2D eigenvalue weighted by molar-refractivity contribution is 5.91. The molecule has 0 saturated heterocycles. The van der Waals surface area contributed by atoms with Gasteiger partial charge in [0.1, 0.15) is 11.6 Å². The lowest BCUT2D eigenvalue weighted by atomic mass is 10.0. The van der Waals surface area contributed by atoms with E-state index >= 15 is 0 Å². The van der Waals surface area contributed by atoms with Crippen molar-refractivity contribution < 1.29 is 32.2 Å². The number of benzene rings is 1. The highest BCUT2D eigenvalue weighted by atomic mass is 19.4. The number of carbonyl (C=O) groups is 1. The molecule has 0 unspecified atom stereocenters. The Balaban J connectivity index is 2.09. The van der Waals surface area contributed by atoms with Crippen LogP contribution < -0.4 is 4.74 Å². The van der Waals surface area contributed by atoms with Gasteiger partial charge in [0.05, 0.1) is 0 Å². The number of rotatable bonds is 7. The minimum atomic E-state index is -5.06. The van der Waals surface area contributed by atoms with E-state index < -0.39 is 36.7 Å². The summed E-state index contributed by atoms with van der Waals surface area (Å²) >= 11 is 0. The van der Waals surface area contributed by atoms with Gasteiger partial charge < -0.3 is 9.84 Å². The van der Waals surface area contributed by atoms with Crippen LogP contribution in [0.15, 0.2) is 29.4 Å². The minimum absolute atomic E-state index is 0.0534. The lowest BCUT2D eigenvalue weighted by molar-refractivity contribution is -0.302. The third kappa shape index (κ3) is 4.51. The SMILES string of the molecule is CCCCCC1=NN(C(=O)COc2ccc(F)cc2)[C@@](O)(C(F)(F)F)C1. The number of nitrogens with zero attached hydrogens (tertiary/aromatic N) is 2. The van der Waals surface area contributed by atoms with Crippen LogP contribution in [0.1, 0.15) is 39.0 Å². The second kappa shape index (κ2) is 8.03. The number of aliphatic hydroxyl groups is 1. The fraction of sp³-hybridized carbons (Fsp3) is 0.529. The molecule has 0 fully saturated rings. The molecule has 0 spiro atoms. The van der Waals surface area contributed by atoms with Gasteiger partial charge in [-0.2, -0.15) is 23.3 Å². The molecule has 1 atom stereocenters. The number of ether oxygens (including phenoxy) is 1. The zero-order valence-electron chi connectivity index (χ0n) is 14.2. The number of hydrazone groups is 1. The summed E-state index contributed by atoms with van der Waals surface area (Å²) in [5.74, 6) is -1.54. The quantitative estimate of drug-likeness (QED) is 0.584. The number of hydrogen-bond acceptors (Lipinski definition) is 4. The fourth-order valence-electron chi connectivity index (χ4n) is 2.56. The van der Waals surface area contributed by atoms with Crippen LogP contribution in [-0.4, -0.2) is 40.2 Å². The van der Waals surface area contributed by atoms with Crippen LogP contribution in [0, 0.1) is 5.82 Å². The summed E-state index contributed by atoms with van der Waals surface area (Å²) in [6, 6.07) is 4.65. The molecule has 2 rings (SSSR count). The smallest absolute Gasteiger partial charge is 0.438 e. The van der Waals surface area contributed by atoms with E-state index in [1.807, 2.05) is 6.92 Å².